The molecule has 1 amide bonds. The second kappa shape index (κ2) is 6.44. The third kappa shape index (κ3) is 3.73. The van der Waals surface area contributed by atoms with Crippen LogP contribution in [0.3, 0.4) is 0 Å². The molecule has 0 saturated carbocycles. The molecule has 0 aliphatic carbocycles. The van der Waals surface area contributed by atoms with Crippen molar-refractivity contribution in [2.45, 2.75) is 16.3 Å². The van der Waals surface area contributed by atoms with Crippen molar-refractivity contribution in [3.63, 3.8) is 0 Å². The van der Waals surface area contributed by atoms with E-state index in [-0.39, 0.29) is 22.2 Å². The van der Waals surface area contributed by atoms with Crippen LogP contribution in [0, 0.1) is 0 Å². The van der Waals surface area contributed by atoms with Crippen molar-refractivity contribution in [3.05, 3.63) is 48.2 Å². The van der Waals surface area contributed by atoms with Gasteiger partial charge in [-0.2, -0.15) is 0 Å². The maximum atomic E-state index is 12.3. The van der Waals surface area contributed by atoms with Crippen LogP contribution in [0.15, 0.2) is 52.5 Å². The smallest absolute Gasteiger partial charge is 0.404 e. The van der Waals surface area contributed by atoms with Crippen molar-refractivity contribution in [2.75, 3.05) is 6.54 Å². The Kier molecular flexibility index (Phi) is 4.62. The minimum Gasteiger partial charge on any atom is -0.508 e. The fourth-order valence-corrected chi connectivity index (χ4v) is 2.95. The molecule has 8 heteroatoms. The van der Waals surface area contributed by atoms with Crippen molar-refractivity contribution in [1.82, 2.24) is 10.3 Å². The Morgan fingerprint density at radius 3 is 2.36 bits per heavy atom. The predicted octanol–water partition coefficient (Wildman–Crippen LogP) is 1.43. The Morgan fingerprint density at radius 1 is 1.14 bits per heavy atom. The van der Waals surface area contributed by atoms with Crippen molar-refractivity contribution >= 4 is 15.9 Å². The van der Waals surface area contributed by atoms with Gasteiger partial charge in [0.1, 0.15) is 5.75 Å². The Labute approximate surface area is 127 Å². The number of nitrogens with zero attached hydrogens (tertiary/aromatic N) is 1. The molecule has 0 saturated heterocycles. The molecule has 0 atom stereocenters. The molecule has 0 aliphatic heterocycles. The Morgan fingerprint density at radius 2 is 1.82 bits per heavy atom. The van der Waals surface area contributed by atoms with Crippen LogP contribution in [0.25, 0.3) is 0 Å². The van der Waals surface area contributed by atoms with Gasteiger partial charge in [0, 0.05) is 12.7 Å². The van der Waals surface area contributed by atoms with Gasteiger partial charge in [-0.3, -0.25) is 0 Å². The maximum Gasteiger partial charge on any atom is 0.404 e. The average molecular weight is 322 g/mol. The lowest BCUT2D eigenvalue weighted by molar-refractivity contribution is 0.194. The molecule has 2 aromatic rings. The number of rotatable bonds is 5. The number of sulfone groups is 1. The molecular weight excluding hydrogens is 308 g/mol. The molecular formula is C14H14N2O5S. The van der Waals surface area contributed by atoms with Gasteiger partial charge in [-0.25, -0.2) is 18.2 Å². The zero-order chi connectivity index (χ0) is 16.2. The standard InChI is InChI=1S/C14H14N2O5S/c17-11-2-4-12(5-3-11)22(20,21)13-6-1-10(9-16-13)7-8-15-14(18)19/h1-6,9,15,17H,7-8H2,(H,18,19). The highest BCUT2D eigenvalue weighted by molar-refractivity contribution is 7.91. The van der Waals surface area contributed by atoms with Gasteiger partial charge in [-0.05, 0) is 42.3 Å². The van der Waals surface area contributed by atoms with Crippen LogP contribution in [0.2, 0.25) is 0 Å². The summed E-state index contributed by atoms with van der Waals surface area (Å²) in [5.74, 6) is -0.0202. The van der Waals surface area contributed by atoms with E-state index < -0.39 is 15.9 Å². The van der Waals surface area contributed by atoms with Crippen molar-refractivity contribution in [3.8, 4) is 5.75 Å². The maximum absolute atomic E-state index is 12.3. The van der Waals surface area contributed by atoms with E-state index in [9.17, 15) is 18.3 Å². The third-order valence-corrected chi connectivity index (χ3v) is 4.59. The lowest BCUT2D eigenvalue weighted by atomic mass is 10.2. The second-order valence-corrected chi connectivity index (χ2v) is 6.38. The topological polar surface area (TPSA) is 117 Å². The summed E-state index contributed by atoms with van der Waals surface area (Å²) < 4.78 is 24.7. The van der Waals surface area contributed by atoms with E-state index in [4.69, 9.17) is 5.11 Å². The molecule has 2 rings (SSSR count). The number of phenolic OH excluding ortho intramolecular Hbond substituents is 1. The lowest BCUT2D eigenvalue weighted by Gasteiger charge is -2.06. The highest BCUT2D eigenvalue weighted by Crippen LogP contribution is 2.21. The molecule has 0 radical (unpaired) electrons. The van der Waals surface area contributed by atoms with E-state index in [1.807, 2.05) is 0 Å². The monoisotopic (exact) mass is 322 g/mol. The molecule has 1 aromatic carbocycles. The van der Waals surface area contributed by atoms with Crippen LogP contribution in [0.1, 0.15) is 5.56 Å². The number of amides is 1. The van der Waals surface area contributed by atoms with E-state index in [1.165, 1.54) is 36.5 Å². The van der Waals surface area contributed by atoms with Crippen LogP contribution in [0.5, 0.6) is 5.75 Å². The normalized spacial score (nSPS) is 11.1. The van der Waals surface area contributed by atoms with Crippen molar-refractivity contribution in [1.29, 1.82) is 0 Å². The van der Waals surface area contributed by atoms with Gasteiger partial charge in [-0.1, -0.05) is 6.07 Å². The van der Waals surface area contributed by atoms with Crippen molar-refractivity contribution < 1.29 is 23.4 Å². The fraction of sp³-hybridized carbons (Fsp3) is 0.143. The van der Waals surface area contributed by atoms with Crippen LogP contribution in [0.4, 0.5) is 4.79 Å². The number of aromatic hydroxyl groups is 1. The first-order valence-electron chi connectivity index (χ1n) is 6.35. The van der Waals surface area contributed by atoms with E-state index in [1.54, 1.807) is 6.07 Å². The molecule has 0 aliphatic rings. The summed E-state index contributed by atoms with van der Waals surface area (Å²) >= 11 is 0. The van der Waals surface area contributed by atoms with Gasteiger partial charge in [0.05, 0.1) is 4.90 Å². The zero-order valence-electron chi connectivity index (χ0n) is 11.4. The zero-order valence-corrected chi connectivity index (χ0v) is 12.2. The molecule has 0 bridgehead atoms. The predicted molar refractivity (Wildman–Crippen MR) is 77.5 cm³/mol. The van der Waals surface area contributed by atoms with E-state index in [2.05, 4.69) is 10.3 Å². The van der Waals surface area contributed by atoms with E-state index >= 15 is 0 Å². The molecule has 116 valence electrons. The molecule has 1 aromatic heterocycles. The van der Waals surface area contributed by atoms with Gasteiger partial charge in [0.25, 0.3) is 0 Å². The van der Waals surface area contributed by atoms with Gasteiger partial charge < -0.3 is 15.5 Å². The highest BCUT2D eigenvalue weighted by atomic mass is 32.2. The summed E-state index contributed by atoms with van der Waals surface area (Å²) in [5, 5.41) is 19.8. The van der Waals surface area contributed by atoms with Crippen LogP contribution in [-0.2, 0) is 16.3 Å². The fourth-order valence-electron chi connectivity index (χ4n) is 1.78. The van der Waals surface area contributed by atoms with E-state index in [0.29, 0.717) is 6.42 Å². The van der Waals surface area contributed by atoms with Gasteiger partial charge in [-0.15, -0.1) is 0 Å². The highest BCUT2D eigenvalue weighted by Gasteiger charge is 2.18. The molecule has 7 nitrogen and oxygen atoms in total. The molecule has 1 heterocycles. The minimum absolute atomic E-state index is 0.0202. The summed E-state index contributed by atoms with van der Waals surface area (Å²) in [7, 11) is -3.74. The summed E-state index contributed by atoms with van der Waals surface area (Å²) in [6.07, 6.45) is 0.704. The number of benzene rings is 1. The molecule has 0 spiro atoms. The largest absolute Gasteiger partial charge is 0.508 e. The van der Waals surface area contributed by atoms with E-state index in [0.717, 1.165) is 5.56 Å². The number of phenols is 1. The first kappa shape index (κ1) is 15.8. The second-order valence-electron chi connectivity index (χ2n) is 4.48. The Hall–Kier alpha value is -2.61. The summed E-state index contributed by atoms with van der Waals surface area (Å²) in [5.41, 5.74) is 0.721. The summed E-state index contributed by atoms with van der Waals surface area (Å²) in [6, 6.07) is 8.15. The third-order valence-electron chi connectivity index (χ3n) is 2.91. The average Bonchev–Trinajstić information content (AvgIpc) is 2.48. The number of hydrogen-bond donors (Lipinski definition) is 3. The molecule has 3 N–H and O–H groups in total. The number of carboxylic acid groups (broad SMARTS) is 1. The number of pyridine rings is 1. The number of hydrogen-bond acceptors (Lipinski definition) is 5. The number of aromatic nitrogens is 1. The first-order valence-corrected chi connectivity index (χ1v) is 7.84. The summed E-state index contributed by atoms with van der Waals surface area (Å²) in [4.78, 5) is 14.3. The number of carbonyl (C=O) groups is 1. The molecule has 0 fully saturated rings. The van der Waals surface area contributed by atoms with Crippen molar-refractivity contribution in [2.24, 2.45) is 0 Å². The van der Waals surface area contributed by atoms with Crippen LogP contribution < -0.4 is 5.32 Å². The van der Waals surface area contributed by atoms with Gasteiger partial charge in [0.2, 0.25) is 9.84 Å². The SMILES string of the molecule is O=C(O)NCCc1ccc(S(=O)(=O)c2ccc(O)cc2)nc1. The number of nitrogens with one attached hydrogen (secondary N) is 1. The quantitative estimate of drug-likeness (QED) is 0.766. The van der Waals surface area contributed by atoms with Gasteiger partial charge >= 0.3 is 6.09 Å². The van der Waals surface area contributed by atoms with Crippen LogP contribution in [-0.4, -0.2) is 36.3 Å². The Balaban J connectivity index is 2.15. The molecule has 22 heavy (non-hydrogen) atoms. The summed E-state index contributed by atoms with van der Waals surface area (Å²) in [6.45, 7) is 0.223. The molecule has 0 unspecified atom stereocenters. The minimum atomic E-state index is -3.74. The first-order chi connectivity index (χ1) is 10.4. The van der Waals surface area contributed by atoms with Gasteiger partial charge in [0.15, 0.2) is 5.03 Å². The van der Waals surface area contributed by atoms with Crippen LogP contribution >= 0.6 is 0 Å². The lowest BCUT2D eigenvalue weighted by Crippen LogP contribution is -2.23. The Bertz CT molecular complexity index is 755.